The Balaban J connectivity index is 1.60. The number of carbonyl (C=O) groups is 1. The van der Waals surface area contributed by atoms with Gasteiger partial charge in [-0.05, 0) is 42.9 Å². The van der Waals surface area contributed by atoms with Crippen molar-refractivity contribution in [2.24, 2.45) is 5.92 Å². The van der Waals surface area contributed by atoms with E-state index in [0.717, 1.165) is 24.9 Å². The summed E-state index contributed by atoms with van der Waals surface area (Å²) < 4.78 is 50.7. The quantitative estimate of drug-likeness (QED) is 0.556. The van der Waals surface area contributed by atoms with E-state index in [9.17, 15) is 18.0 Å². The Morgan fingerprint density at radius 3 is 2.64 bits per heavy atom. The largest absolute Gasteiger partial charge is 0.573 e. The number of aromatic nitrogens is 2. The van der Waals surface area contributed by atoms with Crippen LogP contribution in [-0.2, 0) is 16.0 Å². The summed E-state index contributed by atoms with van der Waals surface area (Å²) in [7, 11) is 2.88. The Morgan fingerprint density at radius 2 is 1.97 bits per heavy atom. The Kier molecular flexibility index (Phi) is 8.18. The molecule has 0 spiro atoms. The molecule has 1 fully saturated rings. The van der Waals surface area contributed by atoms with Crippen LogP contribution in [0.5, 0.6) is 11.8 Å². The maximum absolute atomic E-state index is 12.3. The molecule has 0 saturated carbocycles. The first kappa shape index (κ1) is 24.4. The van der Waals surface area contributed by atoms with Crippen molar-refractivity contribution >= 4 is 17.6 Å². The average molecular weight is 468 g/mol. The van der Waals surface area contributed by atoms with Gasteiger partial charge >= 0.3 is 18.3 Å². The van der Waals surface area contributed by atoms with Crippen LogP contribution in [0.4, 0.5) is 24.8 Å². The molecular weight excluding hydrogens is 441 g/mol. The lowest BCUT2D eigenvalue weighted by Crippen LogP contribution is -2.37. The van der Waals surface area contributed by atoms with Gasteiger partial charge in [0.2, 0.25) is 0 Å². The number of benzene rings is 1. The van der Waals surface area contributed by atoms with Crippen molar-refractivity contribution in [3.05, 3.63) is 35.9 Å². The van der Waals surface area contributed by atoms with E-state index in [0.29, 0.717) is 37.6 Å². The maximum atomic E-state index is 12.3. The van der Waals surface area contributed by atoms with Crippen LogP contribution in [0.15, 0.2) is 30.3 Å². The summed E-state index contributed by atoms with van der Waals surface area (Å²) in [6, 6.07) is 7.79. The number of nitrogens with zero attached hydrogens (tertiary/aromatic N) is 3. The summed E-state index contributed by atoms with van der Waals surface area (Å²) in [6.07, 6.45) is -1.89. The minimum Gasteiger partial charge on any atom is -0.469 e. The smallest absolute Gasteiger partial charge is 0.469 e. The van der Waals surface area contributed by atoms with E-state index in [4.69, 9.17) is 9.47 Å². The van der Waals surface area contributed by atoms with Gasteiger partial charge in [0, 0.05) is 32.1 Å². The third-order valence-corrected chi connectivity index (χ3v) is 5.28. The first-order valence-electron chi connectivity index (χ1n) is 10.6. The lowest BCUT2D eigenvalue weighted by Gasteiger charge is -2.33. The third-order valence-electron chi connectivity index (χ3n) is 5.28. The number of anilines is 2. The second-order valence-electron chi connectivity index (χ2n) is 7.70. The lowest BCUT2D eigenvalue weighted by atomic mass is 9.95. The van der Waals surface area contributed by atoms with E-state index in [-0.39, 0.29) is 23.6 Å². The predicted molar refractivity (Wildman–Crippen MR) is 115 cm³/mol. The molecule has 3 rings (SSSR count). The van der Waals surface area contributed by atoms with Crippen LogP contribution < -0.4 is 19.7 Å². The predicted octanol–water partition coefficient (Wildman–Crippen LogP) is 3.82. The minimum absolute atomic E-state index is 0.188. The standard InChI is InChI=1S/C22H27F3N4O4/c1-31-20(30)12-16-4-3-11-29(14-16)19-13-18(27-21(28-19)32-2)26-10-9-15-5-7-17(8-6-15)33-22(23,24)25/h5-8,13,16H,3-4,9-12,14H2,1-2H3,(H,26,27,28). The van der Waals surface area contributed by atoms with Gasteiger partial charge in [-0.2, -0.15) is 9.97 Å². The number of alkyl halides is 3. The zero-order chi connectivity index (χ0) is 23.8. The number of nitrogens with one attached hydrogen (secondary N) is 1. The van der Waals surface area contributed by atoms with E-state index in [2.05, 4.69) is 24.9 Å². The van der Waals surface area contributed by atoms with Gasteiger partial charge < -0.3 is 24.4 Å². The van der Waals surface area contributed by atoms with Crippen molar-refractivity contribution in [3.8, 4) is 11.8 Å². The molecule has 0 aliphatic carbocycles. The number of rotatable bonds is 9. The van der Waals surface area contributed by atoms with Gasteiger partial charge in [0.1, 0.15) is 17.4 Å². The van der Waals surface area contributed by atoms with Crippen molar-refractivity contribution in [2.45, 2.75) is 32.0 Å². The first-order chi connectivity index (χ1) is 15.8. The second-order valence-corrected chi connectivity index (χ2v) is 7.70. The van der Waals surface area contributed by atoms with Crippen molar-refractivity contribution < 1.29 is 32.2 Å². The maximum Gasteiger partial charge on any atom is 0.573 e. The number of piperidine rings is 1. The van der Waals surface area contributed by atoms with Gasteiger partial charge in [-0.3, -0.25) is 4.79 Å². The summed E-state index contributed by atoms with van der Waals surface area (Å²) in [5, 5.41) is 3.21. The molecule has 2 heterocycles. The molecule has 11 heteroatoms. The molecule has 1 aromatic carbocycles. The second kappa shape index (κ2) is 11.1. The van der Waals surface area contributed by atoms with Crippen LogP contribution in [0.3, 0.4) is 0 Å². The molecule has 1 aliphatic rings. The van der Waals surface area contributed by atoms with Gasteiger partial charge in [-0.15, -0.1) is 13.2 Å². The zero-order valence-corrected chi connectivity index (χ0v) is 18.5. The normalized spacial score (nSPS) is 16.3. The average Bonchev–Trinajstić information content (AvgIpc) is 2.79. The number of hydrogen-bond donors (Lipinski definition) is 1. The lowest BCUT2D eigenvalue weighted by molar-refractivity contribution is -0.274. The zero-order valence-electron chi connectivity index (χ0n) is 18.5. The molecule has 0 radical (unpaired) electrons. The summed E-state index contributed by atoms with van der Waals surface area (Å²) in [6.45, 7) is 1.99. The molecule has 1 saturated heterocycles. The molecular formula is C22H27F3N4O4. The van der Waals surface area contributed by atoms with Crippen LogP contribution in [-0.4, -0.2) is 56.2 Å². The number of halogens is 3. The highest BCUT2D eigenvalue weighted by Crippen LogP contribution is 2.27. The molecule has 1 aliphatic heterocycles. The molecule has 2 aromatic rings. The summed E-state index contributed by atoms with van der Waals surface area (Å²) in [4.78, 5) is 22.5. The molecule has 8 nitrogen and oxygen atoms in total. The van der Waals surface area contributed by atoms with Gasteiger partial charge in [0.25, 0.3) is 0 Å². The van der Waals surface area contributed by atoms with E-state index >= 15 is 0 Å². The fourth-order valence-corrected chi connectivity index (χ4v) is 3.71. The van der Waals surface area contributed by atoms with E-state index < -0.39 is 6.36 Å². The number of esters is 1. The fourth-order valence-electron chi connectivity index (χ4n) is 3.71. The summed E-state index contributed by atoms with van der Waals surface area (Å²) in [5.41, 5.74) is 0.847. The number of methoxy groups -OCH3 is 2. The summed E-state index contributed by atoms with van der Waals surface area (Å²) >= 11 is 0. The van der Waals surface area contributed by atoms with E-state index in [1.165, 1.54) is 26.4 Å². The van der Waals surface area contributed by atoms with Gasteiger partial charge in [-0.1, -0.05) is 12.1 Å². The van der Waals surface area contributed by atoms with Crippen LogP contribution in [0.25, 0.3) is 0 Å². The van der Waals surface area contributed by atoms with Crippen LogP contribution in [0, 0.1) is 5.92 Å². The fraction of sp³-hybridized carbons (Fsp3) is 0.500. The molecule has 1 atom stereocenters. The topological polar surface area (TPSA) is 85.8 Å². The van der Waals surface area contributed by atoms with Gasteiger partial charge in [0.15, 0.2) is 0 Å². The number of carbonyl (C=O) groups excluding carboxylic acids is 1. The molecule has 0 amide bonds. The highest BCUT2D eigenvalue weighted by molar-refractivity contribution is 5.69. The van der Waals surface area contributed by atoms with E-state index in [1.54, 1.807) is 12.1 Å². The minimum atomic E-state index is -4.71. The Morgan fingerprint density at radius 1 is 1.21 bits per heavy atom. The Hall–Kier alpha value is -3.24. The number of hydrogen-bond acceptors (Lipinski definition) is 8. The molecule has 1 unspecified atom stereocenters. The highest BCUT2D eigenvalue weighted by atomic mass is 19.4. The SMILES string of the molecule is COC(=O)CC1CCCN(c2cc(NCCc3ccc(OC(F)(F)F)cc3)nc(OC)n2)C1. The van der Waals surface area contributed by atoms with E-state index in [1.807, 2.05) is 6.07 Å². The van der Waals surface area contributed by atoms with Crippen LogP contribution >= 0.6 is 0 Å². The number of ether oxygens (including phenoxy) is 3. The van der Waals surface area contributed by atoms with Crippen molar-refractivity contribution in [1.82, 2.24) is 9.97 Å². The first-order valence-corrected chi connectivity index (χ1v) is 10.6. The summed E-state index contributed by atoms with van der Waals surface area (Å²) in [5.74, 6) is 0.989. The van der Waals surface area contributed by atoms with Crippen LogP contribution in [0.1, 0.15) is 24.8 Å². The van der Waals surface area contributed by atoms with Crippen molar-refractivity contribution in [2.75, 3.05) is 44.1 Å². The van der Waals surface area contributed by atoms with Crippen molar-refractivity contribution in [1.29, 1.82) is 0 Å². The van der Waals surface area contributed by atoms with Gasteiger partial charge in [0.05, 0.1) is 14.2 Å². The monoisotopic (exact) mass is 468 g/mol. The highest BCUT2D eigenvalue weighted by Gasteiger charge is 2.31. The van der Waals surface area contributed by atoms with Crippen LogP contribution in [0.2, 0.25) is 0 Å². The third kappa shape index (κ3) is 7.69. The molecule has 180 valence electrons. The Bertz CT molecular complexity index is 925. The molecule has 1 aromatic heterocycles. The Labute approximate surface area is 190 Å². The van der Waals surface area contributed by atoms with Gasteiger partial charge in [-0.25, -0.2) is 0 Å². The molecule has 0 bridgehead atoms. The molecule has 33 heavy (non-hydrogen) atoms. The molecule has 1 N–H and O–H groups in total. The van der Waals surface area contributed by atoms with Crippen molar-refractivity contribution in [3.63, 3.8) is 0 Å².